The van der Waals surface area contributed by atoms with E-state index in [4.69, 9.17) is 21.1 Å². The number of halogens is 1. The largest absolute Gasteiger partial charge is 0.488 e. The van der Waals surface area contributed by atoms with E-state index >= 15 is 0 Å². The Kier molecular flexibility index (Phi) is 4.53. The van der Waals surface area contributed by atoms with Crippen LogP contribution in [0.15, 0.2) is 48.5 Å². The molecule has 0 aliphatic heterocycles. The van der Waals surface area contributed by atoms with E-state index in [1.165, 1.54) is 0 Å². The molecule has 2 aromatic carbocycles. The Balaban J connectivity index is 2.08. The molecule has 2 aromatic rings. The minimum absolute atomic E-state index is 0.278. The molecule has 0 saturated carbocycles. The van der Waals surface area contributed by atoms with Gasteiger partial charge in [0.15, 0.2) is 0 Å². The van der Waals surface area contributed by atoms with Gasteiger partial charge in [-0.2, -0.15) is 0 Å². The Labute approximate surface area is 129 Å². The second-order valence-corrected chi connectivity index (χ2v) is 5.97. The molecule has 0 heterocycles. The van der Waals surface area contributed by atoms with Gasteiger partial charge in [0.25, 0.3) is 0 Å². The summed E-state index contributed by atoms with van der Waals surface area (Å²) in [6.45, 7) is 5.89. The van der Waals surface area contributed by atoms with Gasteiger partial charge < -0.3 is 9.47 Å². The summed E-state index contributed by atoms with van der Waals surface area (Å²) in [6, 6.07) is 13.7. The van der Waals surface area contributed by atoms with E-state index < -0.39 is 5.97 Å². The van der Waals surface area contributed by atoms with E-state index in [2.05, 4.69) is 0 Å². The van der Waals surface area contributed by atoms with Crippen LogP contribution in [0.4, 0.5) is 0 Å². The summed E-state index contributed by atoms with van der Waals surface area (Å²) in [5.41, 5.74) is 0.163. The highest BCUT2D eigenvalue weighted by Crippen LogP contribution is 2.25. The lowest BCUT2D eigenvalue weighted by molar-refractivity contribution is 0.0735. The number of rotatable bonds is 3. The van der Waals surface area contributed by atoms with Crippen molar-refractivity contribution in [2.75, 3.05) is 0 Å². The minimum atomic E-state index is -0.453. The van der Waals surface area contributed by atoms with E-state index in [0.29, 0.717) is 22.1 Å². The minimum Gasteiger partial charge on any atom is -0.488 e. The molecule has 0 amide bonds. The summed E-state index contributed by atoms with van der Waals surface area (Å²) in [5.74, 6) is 0.599. The van der Waals surface area contributed by atoms with E-state index in [9.17, 15) is 4.79 Å². The molecule has 0 aliphatic rings. The Morgan fingerprint density at radius 1 is 1.00 bits per heavy atom. The van der Waals surface area contributed by atoms with Crippen molar-refractivity contribution < 1.29 is 14.3 Å². The monoisotopic (exact) mass is 304 g/mol. The molecule has 4 heteroatoms. The second kappa shape index (κ2) is 6.19. The molecule has 0 aromatic heterocycles. The first-order valence-corrected chi connectivity index (χ1v) is 6.99. The predicted molar refractivity (Wildman–Crippen MR) is 83.2 cm³/mol. The fraction of sp³-hybridized carbons (Fsp3) is 0.235. The molecule has 0 unspecified atom stereocenters. The van der Waals surface area contributed by atoms with Crippen LogP contribution in [0.5, 0.6) is 11.5 Å². The number of esters is 1. The van der Waals surface area contributed by atoms with Gasteiger partial charge in [-0.15, -0.1) is 0 Å². The Hall–Kier alpha value is -2.00. The summed E-state index contributed by atoms with van der Waals surface area (Å²) < 4.78 is 11.0. The molecule has 0 radical (unpaired) electrons. The third-order valence-corrected chi connectivity index (χ3v) is 2.87. The normalized spacial score (nSPS) is 11.0. The predicted octanol–water partition coefficient (Wildman–Crippen LogP) is 4.74. The molecular weight excluding hydrogens is 288 g/mol. The molecule has 0 N–H and O–H groups in total. The summed E-state index contributed by atoms with van der Waals surface area (Å²) in [6.07, 6.45) is 0. The van der Waals surface area contributed by atoms with Gasteiger partial charge >= 0.3 is 5.97 Å². The van der Waals surface area contributed by atoms with Crippen LogP contribution in [-0.2, 0) is 0 Å². The molecule has 0 bridgehead atoms. The van der Waals surface area contributed by atoms with Crippen molar-refractivity contribution in [3.63, 3.8) is 0 Å². The fourth-order valence-corrected chi connectivity index (χ4v) is 1.87. The van der Waals surface area contributed by atoms with Crippen LogP contribution in [0.2, 0.25) is 5.02 Å². The third-order valence-electron chi connectivity index (χ3n) is 2.55. The zero-order chi connectivity index (χ0) is 15.5. The van der Waals surface area contributed by atoms with E-state index in [0.717, 1.165) is 0 Å². The van der Waals surface area contributed by atoms with Gasteiger partial charge in [-0.3, -0.25) is 0 Å². The zero-order valence-corrected chi connectivity index (χ0v) is 13.0. The molecule has 0 spiro atoms. The number of carbonyl (C=O) groups excluding carboxylic acids is 1. The van der Waals surface area contributed by atoms with Crippen molar-refractivity contribution in [1.82, 2.24) is 0 Å². The highest BCUT2D eigenvalue weighted by atomic mass is 35.5. The number of hydrogen-bond acceptors (Lipinski definition) is 3. The number of para-hydroxylation sites is 1. The average Bonchev–Trinajstić information content (AvgIpc) is 2.40. The van der Waals surface area contributed by atoms with Crippen LogP contribution in [0.25, 0.3) is 0 Å². The standard InChI is InChI=1S/C17H17ClO3/c1-17(2,3)21-13-10-8-12(9-11-13)16(19)20-15-7-5-4-6-14(15)18/h4-11H,1-3H3. The van der Waals surface area contributed by atoms with Crippen LogP contribution < -0.4 is 9.47 Å². The van der Waals surface area contributed by atoms with E-state index in [1.807, 2.05) is 20.8 Å². The first kappa shape index (κ1) is 15.4. The second-order valence-electron chi connectivity index (χ2n) is 5.56. The quantitative estimate of drug-likeness (QED) is 0.607. The van der Waals surface area contributed by atoms with E-state index in [1.54, 1.807) is 48.5 Å². The highest BCUT2D eigenvalue weighted by molar-refractivity contribution is 6.32. The first-order valence-electron chi connectivity index (χ1n) is 6.61. The smallest absolute Gasteiger partial charge is 0.343 e. The van der Waals surface area contributed by atoms with Crippen LogP contribution >= 0.6 is 11.6 Å². The maximum Gasteiger partial charge on any atom is 0.343 e. The SMILES string of the molecule is CC(C)(C)Oc1ccc(C(=O)Oc2ccccc2Cl)cc1. The van der Waals surface area contributed by atoms with Gasteiger partial charge in [0.05, 0.1) is 10.6 Å². The van der Waals surface area contributed by atoms with Crippen LogP contribution in [0.1, 0.15) is 31.1 Å². The van der Waals surface area contributed by atoms with Crippen molar-refractivity contribution in [2.45, 2.75) is 26.4 Å². The molecule has 2 rings (SSSR count). The van der Waals surface area contributed by atoms with Crippen molar-refractivity contribution >= 4 is 17.6 Å². The van der Waals surface area contributed by atoms with Crippen molar-refractivity contribution in [3.8, 4) is 11.5 Å². The van der Waals surface area contributed by atoms with Crippen molar-refractivity contribution in [2.24, 2.45) is 0 Å². The highest BCUT2D eigenvalue weighted by Gasteiger charge is 2.14. The molecule has 3 nitrogen and oxygen atoms in total. The lowest BCUT2D eigenvalue weighted by Crippen LogP contribution is -2.22. The third kappa shape index (κ3) is 4.50. The van der Waals surface area contributed by atoms with Crippen LogP contribution in [0, 0.1) is 0 Å². The number of benzene rings is 2. The Morgan fingerprint density at radius 3 is 2.19 bits per heavy atom. The molecular formula is C17H17ClO3. The summed E-state index contributed by atoms with van der Waals surface area (Å²) in [4.78, 5) is 12.0. The summed E-state index contributed by atoms with van der Waals surface area (Å²) >= 11 is 5.96. The maximum atomic E-state index is 12.0. The van der Waals surface area contributed by atoms with Crippen LogP contribution in [-0.4, -0.2) is 11.6 Å². The molecule has 0 fully saturated rings. The molecule has 110 valence electrons. The van der Waals surface area contributed by atoms with Crippen molar-refractivity contribution in [1.29, 1.82) is 0 Å². The Morgan fingerprint density at radius 2 is 1.62 bits per heavy atom. The molecule has 0 aliphatic carbocycles. The maximum absolute atomic E-state index is 12.0. The molecule has 0 atom stereocenters. The number of hydrogen-bond donors (Lipinski definition) is 0. The summed E-state index contributed by atoms with van der Waals surface area (Å²) in [7, 11) is 0. The zero-order valence-electron chi connectivity index (χ0n) is 12.2. The lowest BCUT2D eigenvalue weighted by Gasteiger charge is -2.21. The number of ether oxygens (including phenoxy) is 2. The lowest BCUT2D eigenvalue weighted by atomic mass is 10.1. The van der Waals surface area contributed by atoms with Gasteiger partial charge in [-0.25, -0.2) is 4.79 Å². The molecule has 0 saturated heterocycles. The van der Waals surface area contributed by atoms with Crippen molar-refractivity contribution in [3.05, 3.63) is 59.1 Å². The van der Waals surface area contributed by atoms with Gasteiger partial charge in [0.2, 0.25) is 0 Å². The summed E-state index contributed by atoms with van der Waals surface area (Å²) in [5, 5.41) is 0.401. The van der Waals surface area contributed by atoms with Gasteiger partial charge in [0, 0.05) is 0 Å². The van der Waals surface area contributed by atoms with E-state index in [-0.39, 0.29) is 5.60 Å². The Bertz CT molecular complexity index is 627. The first-order chi connectivity index (χ1) is 9.85. The average molecular weight is 305 g/mol. The molecule has 21 heavy (non-hydrogen) atoms. The van der Waals surface area contributed by atoms with Gasteiger partial charge in [-0.1, -0.05) is 23.7 Å². The topological polar surface area (TPSA) is 35.5 Å². The number of carbonyl (C=O) groups is 1. The fourth-order valence-electron chi connectivity index (χ4n) is 1.70. The van der Waals surface area contributed by atoms with Crippen LogP contribution in [0.3, 0.4) is 0 Å². The van der Waals surface area contributed by atoms with Gasteiger partial charge in [-0.05, 0) is 57.2 Å². The van der Waals surface area contributed by atoms with Gasteiger partial charge in [0.1, 0.15) is 17.1 Å².